The molecule has 0 saturated carbocycles. The first kappa shape index (κ1) is 18.4. The summed E-state index contributed by atoms with van der Waals surface area (Å²) in [6, 6.07) is 14.4. The zero-order valence-electron chi connectivity index (χ0n) is 13.6. The molecular formula is C18H19ClN2O2S. The highest BCUT2D eigenvalue weighted by Crippen LogP contribution is 2.27. The summed E-state index contributed by atoms with van der Waals surface area (Å²) in [6.07, 6.45) is 0.383. The second-order valence-electron chi connectivity index (χ2n) is 5.35. The third-order valence-electron chi connectivity index (χ3n) is 3.25. The number of carbonyl (C=O) groups excluding carboxylic acids is 2. The summed E-state index contributed by atoms with van der Waals surface area (Å²) in [5.41, 5.74) is 1.27. The van der Waals surface area contributed by atoms with Crippen LogP contribution in [0.3, 0.4) is 0 Å². The molecule has 6 heteroatoms. The van der Waals surface area contributed by atoms with Crippen LogP contribution < -0.4 is 5.32 Å². The molecule has 0 radical (unpaired) electrons. The minimum Gasteiger partial charge on any atom is -0.345 e. The Morgan fingerprint density at radius 2 is 1.75 bits per heavy atom. The van der Waals surface area contributed by atoms with Gasteiger partial charge in [-0.1, -0.05) is 23.7 Å². The van der Waals surface area contributed by atoms with Gasteiger partial charge in [-0.05, 0) is 36.4 Å². The number of nitrogens with zero attached hydrogens (tertiary/aromatic N) is 1. The van der Waals surface area contributed by atoms with Crippen LogP contribution in [-0.2, 0) is 4.79 Å². The summed E-state index contributed by atoms with van der Waals surface area (Å²) in [4.78, 5) is 26.3. The van der Waals surface area contributed by atoms with Crippen molar-refractivity contribution in [3.05, 3.63) is 59.1 Å². The number of amides is 2. The van der Waals surface area contributed by atoms with Gasteiger partial charge in [0.05, 0.1) is 5.02 Å². The van der Waals surface area contributed by atoms with Crippen LogP contribution in [0.2, 0.25) is 5.02 Å². The van der Waals surface area contributed by atoms with E-state index in [0.717, 1.165) is 4.90 Å². The van der Waals surface area contributed by atoms with E-state index in [9.17, 15) is 9.59 Å². The Labute approximate surface area is 151 Å². The van der Waals surface area contributed by atoms with E-state index in [1.54, 1.807) is 50.1 Å². The van der Waals surface area contributed by atoms with Crippen LogP contribution in [0.5, 0.6) is 0 Å². The van der Waals surface area contributed by atoms with Crippen molar-refractivity contribution in [1.82, 2.24) is 4.90 Å². The average molecular weight is 363 g/mol. The molecule has 0 spiro atoms. The van der Waals surface area contributed by atoms with E-state index in [1.165, 1.54) is 4.90 Å². The number of hydrogen-bond acceptors (Lipinski definition) is 3. The molecule has 0 heterocycles. The zero-order chi connectivity index (χ0) is 17.5. The maximum atomic E-state index is 12.0. The molecule has 2 aromatic rings. The van der Waals surface area contributed by atoms with Gasteiger partial charge in [0.25, 0.3) is 5.91 Å². The van der Waals surface area contributed by atoms with Crippen molar-refractivity contribution in [1.29, 1.82) is 0 Å². The number of thioether (sulfide) groups is 1. The van der Waals surface area contributed by atoms with Gasteiger partial charge >= 0.3 is 0 Å². The average Bonchev–Trinajstić information content (AvgIpc) is 2.56. The van der Waals surface area contributed by atoms with Gasteiger partial charge in [0, 0.05) is 42.4 Å². The molecule has 0 saturated heterocycles. The Hall–Kier alpha value is -1.98. The smallest absolute Gasteiger partial charge is 0.253 e. The first-order valence-electron chi connectivity index (χ1n) is 7.46. The van der Waals surface area contributed by atoms with Gasteiger partial charge in [0.2, 0.25) is 5.91 Å². The summed E-state index contributed by atoms with van der Waals surface area (Å²) in [5, 5.41) is 3.53. The van der Waals surface area contributed by atoms with Crippen LogP contribution in [0.15, 0.2) is 53.4 Å². The highest BCUT2D eigenvalue weighted by molar-refractivity contribution is 7.99. The van der Waals surface area contributed by atoms with Gasteiger partial charge in [-0.3, -0.25) is 9.59 Å². The molecule has 0 aromatic heterocycles. The summed E-state index contributed by atoms with van der Waals surface area (Å²) in [6.45, 7) is 0. The maximum Gasteiger partial charge on any atom is 0.253 e. The topological polar surface area (TPSA) is 49.4 Å². The van der Waals surface area contributed by atoms with Gasteiger partial charge in [0.15, 0.2) is 0 Å². The lowest BCUT2D eigenvalue weighted by atomic mass is 10.2. The van der Waals surface area contributed by atoms with Crippen LogP contribution in [0.25, 0.3) is 0 Å². The van der Waals surface area contributed by atoms with Crippen LogP contribution in [-0.4, -0.2) is 36.6 Å². The Kier molecular flexibility index (Phi) is 6.70. The van der Waals surface area contributed by atoms with Crippen LogP contribution >= 0.6 is 23.4 Å². The molecule has 1 N–H and O–H groups in total. The van der Waals surface area contributed by atoms with Crippen molar-refractivity contribution < 1.29 is 9.59 Å². The lowest BCUT2D eigenvalue weighted by molar-refractivity contribution is -0.115. The second kappa shape index (κ2) is 8.76. The number of carbonyl (C=O) groups is 2. The van der Waals surface area contributed by atoms with Crippen LogP contribution in [0.1, 0.15) is 16.8 Å². The first-order valence-corrected chi connectivity index (χ1v) is 8.82. The molecule has 0 aliphatic heterocycles. The van der Waals surface area contributed by atoms with E-state index in [2.05, 4.69) is 5.32 Å². The molecule has 0 atom stereocenters. The normalized spacial score (nSPS) is 10.3. The highest BCUT2D eigenvalue weighted by atomic mass is 35.5. The van der Waals surface area contributed by atoms with E-state index in [0.29, 0.717) is 28.4 Å². The van der Waals surface area contributed by atoms with Crippen molar-refractivity contribution in [2.45, 2.75) is 11.3 Å². The second-order valence-corrected chi connectivity index (χ2v) is 6.90. The molecule has 0 unspecified atom stereocenters. The van der Waals surface area contributed by atoms with Gasteiger partial charge in [0.1, 0.15) is 0 Å². The quantitative estimate of drug-likeness (QED) is 0.785. The molecule has 2 amide bonds. The molecule has 2 rings (SSSR count). The molecule has 2 aromatic carbocycles. The Morgan fingerprint density at radius 1 is 1.08 bits per heavy atom. The van der Waals surface area contributed by atoms with E-state index >= 15 is 0 Å². The maximum absolute atomic E-state index is 12.0. The summed E-state index contributed by atoms with van der Waals surface area (Å²) >= 11 is 7.63. The minimum atomic E-state index is -0.0683. The monoisotopic (exact) mass is 362 g/mol. The van der Waals surface area contributed by atoms with Crippen molar-refractivity contribution >= 4 is 40.9 Å². The lowest BCUT2D eigenvalue weighted by Gasteiger charge is -2.11. The minimum absolute atomic E-state index is 0.0657. The third kappa shape index (κ3) is 5.28. The largest absolute Gasteiger partial charge is 0.345 e. The van der Waals surface area contributed by atoms with Gasteiger partial charge in [-0.15, -0.1) is 11.8 Å². The summed E-state index contributed by atoms with van der Waals surface area (Å²) in [5.74, 6) is 0.512. The first-order chi connectivity index (χ1) is 11.5. The number of halogens is 1. The fourth-order valence-electron chi connectivity index (χ4n) is 1.99. The van der Waals surface area contributed by atoms with Crippen molar-refractivity contribution in [2.24, 2.45) is 0 Å². The fourth-order valence-corrected chi connectivity index (χ4v) is 3.18. The lowest BCUT2D eigenvalue weighted by Crippen LogP contribution is -2.21. The molecule has 24 heavy (non-hydrogen) atoms. The number of benzene rings is 2. The number of anilines is 1. The third-order valence-corrected chi connectivity index (χ3v) is 4.76. The molecule has 0 bridgehead atoms. The molecule has 0 aliphatic carbocycles. The van der Waals surface area contributed by atoms with E-state index in [4.69, 9.17) is 11.6 Å². The Balaban J connectivity index is 1.82. The SMILES string of the molecule is CN(C)C(=O)c1ccc(NC(=O)CCSc2ccccc2Cl)cc1. The predicted octanol–water partition coefficient (Wildman–Crippen LogP) is 4.16. The fraction of sp³-hybridized carbons (Fsp3) is 0.222. The Bertz CT molecular complexity index is 717. The molecular weight excluding hydrogens is 344 g/mol. The van der Waals surface area contributed by atoms with E-state index in [1.807, 2.05) is 24.3 Å². The van der Waals surface area contributed by atoms with Gasteiger partial charge < -0.3 is 10.2 Å². The molecule has 0 aliphatic rings. The van der Waals surface area contributed by atoms with E-state index < -0.39 is 0 Å². The van der Waals surface area contributed by atoms with E-state index in [-0.39, 0.29) is 11.8 Å². The van der Waals surface area contributed by atoms with Crippen LogP contribution in [0.4, 0.5) is 5.69 Å². The van der Waals surface area contributed by atoms with Crippen molar-refractivity contribution in [3.63, 3.8) is 0 Å². The predicted molar refractivity (Wildman–Crippen MR) is 99.9 cm³/mol. The highest BCUT2D eigenvalue weighted by Gasteiger charge is 2.08. The molecule has 4 nitrogen and oxygen atoms in total. The van der Waals surface area contributed by atoms with Gasteiger partial charge in [-0.25, -0.2) is 0 Å². The van der Waals surface area contributed by atoms with Crippen LogP contribution in [0, 0.1) is 0 Å². The standard InChI is InChI=1S/C18H19ClN2O2S/c1-21(2)18(23)13-7-9-14(10-8-13)20-17(22)11-12-24-16-6-4-3-5-15(16)19/h3-10H,11-12H2,1-2H3,(H,20,22). The summed E-state index contributed by atoms with van der Waals surface area (Å²) in [7, 11) is 3.41. The van der Waals surface area contributed by atoms with Gasteiger partial charge in [-0.2, -0.15) is 0 Å². The Morgan fingerprint density at radius 3 is 2.38 bits per heavy atom. The number of hydrogen-bond donors (Lipinski definition) is 1. The summed E-state index contributed by atoms with van der Waals surface area (Å²) < 4.78 is 0. The van der Waals surface area contributed by atoms with Crippen molar-refractivity contribution in [2.75, 3.05) is 25.2 Å². The number of rotatable bonds is 6. The molecule has 126 valence electrons. The molecule has 0 fully saturated rings. The van der Waals surface area contributed by atoms with Crippen molar-refractivity contribution in [3.8, 4) is 0 Å². The zero-order valence-corrected chi connectivity index (χ0v) is 15.2. The number of nitrogens with one attached hydrogen (secondary N) is 1.